The van der Waals surface area contributed by atoms with E-state index in [4.69, 9.17) is 0 Å². The van der Waals surface area contributed by atoms with Crippen molar-refractivity contribution in [1.29, 1.82) is 0 Å². The number of carbonyl (C=O) groups excluding carboxylic acids is 5. The van der Waals surface area contributed by atoms with E-state index in [2.05, 4.69) is 22.8 Å². The van der Waals surface area contributed by atoms with Gasteiger partial charge in [-0.3, -0.25) is 19.3 Å². The summed E-state index contributed by atoms with van der Waals surface area (Å²) < 4.78 is 0. The molecule has 0 spiro atoms. The summed E-state index contributed by atoms with van der Waals surface area (Å²) in [5, 5.41) is 5.54. The summed E-state index contributed by atoms with van der Waals surface area (Å²) >= 11 is 0. The van der Waals surface area contributed by atoms with Crippen molar-refractivity contribution in [3.63, 3.8) is 0 Å². The predicted molar refractivity (Wildman–Crippen MR) is 147 cm³/mol. The summed E-state index contributed by atoms with van der Waals surface area (Å²) in [4.78, 5) is 59.8. The smallest absolute Gasteiger partial charge is 0.251 e. The molecule has 2 rings (SSSR count). The topological polar surface area (TPSA) is 113 Å². The minimum absolute atomic E-state index is 0.212. The monoisotopic (exact) mass is 521 g/mol. The Kier molecular flexibility index (Phi) is 13.7. The first-order valence-electron chi connectivity index (χ1n) is 13.2. The Hall–Kier alpha value is -3.65. The van der Waals surface area contributed by atoms with Crippen LogP contribution in [0.25, 0.3) is 0 Å². The first kappa shape index (κ1) is 30.6. The van der Waals surface area contributed by atoms with Gasteiger partial charge >= 0.3 is 0 Å². The number of rotatable bonds is 18. The van der Waals surface area contributed by atoms with Crippen LogP contribution in [-0.4, -0.2) is 55.7 Å². The van der Waals surface area contributed by atoms with Gasteiger partial charge in [-0.05, 0) is 61.6 Å². The molecule has 8 nitrogen and oxygen atoms in total. The van der Waals surface area contributed by atoms with Crippen LogP contribution >= 0.6 is 0 Å². The highest BCUT2D eigenvalue weighted by Crippen LogP contribution is 2.17. The van der Waals surface area contributed by atoms with E-state index in [0.29, 0.717) is 36.1 Å². The van der Waals surface area contributed by atoms with Gasteiger partial charge in [0, 0.05) is 44.1 Å². The van der Waals surface area contributed by atoms with E-state index in [-0.39, 0.29) is 24.8 Å². The van der Waals surface area contributed by atoms with Crippen LogP contribution < -0.4 is 10.6 Å². The average molecular weight is 522 g/mol. The van der Waals surface area contributed by atoms with Gasteiger partial charge in [0.15, 0.2) is 0 Å². The Morgan fingerprint density at radius 3 is 2.24 bits per heavy atom. The van der Waals surface area contributed by atoms with E-state index < -0.39 is 6.04 Å². The molecule has 0 aliphatic carbocycles. The average Bonchev–Trinajstić information content (AvgIpc) is 2.94. The van der Waals surface area contributed by atoms with Gasteiger partial charge in [0.05, 0.1) is 6.04 Å². The predicted octanol–water partition coefficient (Wildman–Crippen LogP) is 3.65. The standard InChI is InChI=1S/C30H39N3O5/c1-31-30(38)28(10-8-18-35)33(2)21-27-19-25(15-16-26(27)22-36)29(37)32-20-24-13-11-23(12-14-24)9-6-4-3-5-7-17-34/h11-19,22,28H,3-10,20-21H2,1-2H3,(H,31,38)(H,32,37). The first-order chi connectivity index (χ1) is 18.4. The van der Waals surface area contributed by atoms with Crippen LogP contribution in [0.5, 0.6) is 0 Å². The molecule has 0 aliphatic rings. The van der Waals surface area contributed by atoms with Gasteiger partial charge in [0.25, 0.3) is 5.91 Å². The van der Waals surface area contributed by atoms with Crippen molar-refractivity contribution in [3.05, 3.63) is 70.3 Å². The van der Waals surface area contributed by atoms with Gasteiger partial charge in [0.1, 0.15) is 18.9 Å². The molecule has 0 radical (unpaired) electrons. The SMILES string of the molecule is CNC(=O)C(CCC=O)N(C)Cc1cc(C(=O)NCc2ccc(CCCCCCC=O)cc2)ccc1C=O. The molecule has 2 aromatic carbocycles. The summed E-state index contributed by atoms with van der Waals surface area (Å²) in [6.45, 7) is 0.643. The second-order valence-corrected chi connectivity index (χ2v) is 9.44. The molecule has 38 heavy (non-hydrogen) atoms. The van der Waals surface area contributed by atoms with Crippen molar-refractivity contribution in [2.45, 2.75) is 70.5 Å². The lowest BCUT2D eigenvalue weighted by Crippen LogP contribution is -2.43. The highest BCUT2D eigenvalue weighted by molar-refractivity contribution is 5.95. The van der Waals surface area contributed by atoms with E-state index in [1.54, 1.807) is 37.2 Å². The number of aryl methyl sites for hydroxylation is 1. The van der Waals surface area contributed by atoms with Crippen molar-refractivity contribution >= 4 is 30.7 Å². The molecule has 0 aromatic heterocycles. The number of hydrogen-bond donors (Lipinski definition) is 2. The van der Waals surface area contributed by atoms with Gasteiger partial charge in [-0.15, -0.1) is 0 Å². The number of amides is 2. The number of aldehydes is 3. The summed E-state index contributed by atoms with van der Waals surface area (Å²) in [6, 6.07) is 12.5. The van der Waals surface area contributed by atoms with Crippen LogP contribution in [-0.2, 0) is 33.9 Å². The molecule has 0 saturated heterocycles. The highest BCUT2D eigenvalue weighted by Gasteiger charge is 2.23. The lowest BCUT2D eigenvalue weighted by Gasteiger charge is -2.26. The van der Waals surface area contributed by atoms with Crippen LogP contribution in [0.4, 0.5) is 0 Å². The zero-order valence-electron chi connectivity index (χ0n) is 22.4. The molecule has 1 atom stereocenters. The Balaban J connectivity index is 1.97. The van der Waals surface area contributed by atoms with E-state index in [0.717, 1.165) is 56.5 Å². The molecule has 0 bridgehead atoms. The van der Waals surface area contributed by atoms with E-state index >= 15 is 0 Å². The number of benzene rings is 2. The number of nitrogens with one attached hydrogen (secondary N) is 2. The Morgan fingerprint density at radius 2 is 1.58 bits per heavy atom. The van der Waals surface area contributed by atoms with Crippen LogP contribution in [0, 0.1) is 0 Å². The zero-order valence-corrected chi connectivity index (χ0v) is 22.4. The number of nitrogens with zero attached hydrogens (tertiary/aromatic N) is 1. The molecule has 1 unspecified atom stereocenters. The molecular formula is C30H39N3O5. The van der Waals surface area contributed by atoms with E-state index in [1.807, 2.05) is 12.1 Å². The second kappa shape index (κ2) is 17.0. The summed E-state index contributed by atoms with van der Waals surface area (Å²) in [7, 11) is 3.29. The number of unbranched alkanes of at least 4 members (excludes halogenated alkanes) is 4. The van der Waals surface area contributed by atoms with Crippen molar-refractivity contribution < 1.29 is 24.0 Å². The normalized spacial score (nSPS) is 11.6. The maximum Gasteiger partial charge on any atom is 0.251 e. The molecule has 2 N–H and O–H groups in total. The molecule has 0 fully saturated rings. The van der Waals surface area contributed by atoms with Crippen molar-refractivity contribution in [2.75, 3.05) is 14.1 Å². The molecule has 0 heterocycles. The van der Waals surface area contributed by atoms with Gasteiger partial charge < -0.3 is 20.2 Å². The van der Waals surface area contributed by atoms with Crippen molar-refractivity contribution in [2.24, 2.45) is 0 Å². The van der Waals surface area contributed by atoms with Gasteiger partial charge in [-0.25, -0.2) is 0 Å². The minimum Gasteiger partial charge on any atom is -0.358 e. The van der Waals surface area contributed by atoms with Gasteiger partial charge in [-0.2, -0.15) is 0 Å². The van der Waals surface area contributed by atoms with Gasteiger partial charge in [-0.1, -0.05) is 43.2 Å². The van der Waals surface area contributed by atoms with Crippen LogP contribution in [0.1, 0.15) is 82.4 Å². The molecular weight excluding hydrogens is 482 g/mol. The molecule has 0 aliphatic heterocycles. The summed E-state index contributed by atoms with van der Waals surface area (Å²) in [6.07, 6.45) is 8.94. The number of hydrogen-bond acceptors (Lipinski definition) is 6. The largest absolute Gasteiger partial charge is 0.358 e. The molecule has 2 aromatic rings. The lowest BCUT2D eigenvalue weighted by molar-refractivity contribution is -0.126. The van der Waals surface area contributed by atoms with Crippen LogP contribution in [0.15, 0.2) is 42.5 Å². The van der Waals surface area contributed by atoms with E-state index in [9.17, 15) is 24.0 Å². The maximum absolute atomic E-state index is 12.9. The van der Waals surface area contributed by atoms with Crippen LogP contribution in [0.3, 0.4) is 0 Å². The molecule has 204 valence electrons. The third-order valence-electron chi connectivity index (χ3n) is 6.60. The molecule has 2 amide bonds. The Morgan fingerprint density at radius 1 is 0.895 bits per heavy atom. The van der Waals surface area contributed by atoms with Gasteiger partial charge in [0.2, 0.25) is 5.91 Å². The first-order valence-corrected chi connectivity index (χ1v) is 13.2. The fourth-order valence-corrected chi connectivity index (χ4v) is 4.34. The lowest BCUT2D eigenvalue weighted by atomic mass is 10.0. The number of carbonyl (C=O) groups is 5. The zero-order chi connectivity index (χ0) is 27.8. The third kappa shape index (κ3) is 10.0. The third-order valence-corrected chi connectivity index (χ3v) is 6.60. The molecule has 8 heteroatoms. The van der Waals surface area contributed by atoms with E-state index in [1.165, 1.54) is 5.56 Å². The van der Waals surface area contributed by atoms with Crippen molar-refractivity contribution in [3.8, 4) is 0 Å². The highest BCUT2D eigenvalue weighted by atomic mass is 16.2. The van der Waals surface area contributed by atoms with Crippen LogP contribution in [0.2, 0.25) is 0 Å². The summed E-state index contributed by atoms with van der Waals surface area (Å²) in [5.74, 6) is -0.467. The molecule has 0 saturated carbocycles. The Bertz CT molecular complexity index is 1070. The maximum atomic E-state index is 12.9. The number of likely N-dealkylation sites (N-methyl/N-ethyl adjacent to an activating group) is 2. The minimum atomic E-state index is -0.535. The Labute approximate surface area is 225 Å². The summed E-state index contributed by atoms with van der Waals surface area (Å²) in [5.41, 5.74) is 3.73. The quantitative estimate of drug-likeness (QED) is 0.229. The second-order valence-electron chi connectivity index (χ2n) is 9.44. The fourth-order valence-electron chi connectivity index (χ4n) is 4.34. The fraction of sp³-hybridized carbons (Fsp3) is 0.433. The van der Waals surface area contributed by atoms with Crippen molar-refractivity contribution in [1.82, 2.24) is 15.5 Å².